The third-order valence-electron chi connectivity index (χ3n) is 3.76. The van der Waals surface area contributed by atoms with E-state index in [1.165, 1.54) is 34.5 Å². The highest BCUT2D eigenvalue weighted by Gasteiger charge is 2.20. The maximum absolute atomic E-state index is 4.60. The van der Waals surface area contributed by atoms with Crippen molar-refractivity contribution in [3.63, 3.8) is 0 Å². The molecule has 96 valence electrons. The van der Waals surface area contributed by atoms with E-state index < -0.39 is 0 Å². The fourth-order valence-electron chi connectivity index (χ4n) is 2.80. The fraction of sp³-hybridized carbons (Fsp3) is 0.267. The number of imidazole rings is 1. The van der Waals surface area contributed by atoms with Gasteiger partial charge >= 0.3 is 0 Å². The molecule has 1 fully saturated rings. The Morgan fingerprint density at radius 1 is 1.32 bits per heavy atom. The summed E-state index contributed by atoms with van der Waals surface area (Å²) < 4.78 is 2.14. The van der Waals surface area contributed by atoms with Crippen molar-refractivity contribution < 1.29 is 0 Å². The average Bonchev–Trinajstić information content (AvgIpc) is 3.18. The molecule has 1 unspecified atom stereocenters. The summed E-state index contributed by atoms with van der Waals surface area (Å²) in [5.74, 6) is 0. The minimum absolute atomic E-state index is 0.428. The summed E-state index contributed by atoms with van der Waals surface area (Å²) in [4.78, 5) is 5.91. The third kappa shape index (κ3) is 1.88. The van der Waals surface area contributed by atoms with Crippen molar-refractivity contribution >= 4 is 16.9 Å². The standard InChI is InChI=1S/C15H15N3S/c1-3-12(16-7-1)15-13-6-5-11(9-18(13)10-17-15)14-4-2-8-19-14/h2,4-6,8-10,12,16H,1,3,7H2. The molecule has 3 aromatic heterocycles. The summed E-state index contributed by atoms with van der Waals surface area (Å²) >= 11 is 1.77. The van der Waals surface area contributed by atoms with Crippen molar-refractivity contribution in [2.45, 2.75) is 18.9 Å². The van der Waals surface area contributed by atoms with Crippen LogP contribution in [0, 0.1) is 0 Å². The van der Waals surface area contributed by atoms with Crippen LogP contribution in [0.3, 0.4) is 0 Å². The topological polar surface area (TPSA) is 29.3 Å². The molecule has 19 heavy (non-hydrogen) atoms. The number of nitrogens with zero attached hydrogens (tertiary/aromatic N) is 2. The summed E-state index contributed by atoms with van der Waals surface area (Å²) in [6.45, 7) is 1.11. The molecule has 4 rings (SSSR count). The van der Waals surface area contributed by atoms with Gasteiger partial charge in [-0.05, 0) is 43.0 Å². The van der Waals surface area contributed by atoms with Crippen LogP contribution in [-0.2, 0) is 0 Å². The molecule has 0 amide bonds. The molecule has 1 aliphatic rings. The summed E-state index contributed by atoms with van der Waals surface area (Å²) in [7, 11) is 0. The van der Waals surface area contributed by atoms with Crippen molar-refractivity contribution in [1.29, 1.82) is 0 Å². The van der Waals surface area contributed by atoms with E-state index in [2.05, 4.69) is 50.5 Å². The molecular weight excluding hydrogens is 254 g/mol. The summed E-state index contributed by atoms with van der Waals surface area (Å²) in [6.07, 6.45) is 6.55. The van der Waals surface area contributed by atoms with E-state index in [0.717, 1.165) is 6.54 Å². The zero-order valence-electron chi connectivity index (χ0n) is 10.5. The van der Waals surface area contributed by atoms with Gasteiger partial charge in [-0.3, -0.25) is 0 Å². The number of hydrogen-bond acceptors (Lipinski definition) is 3. The predicted molar refractivity (Wildman–Crippen MR) is 78.5 cm³/mol. The quantitative estimate of drug-likeness (QED) is 0.771. The lowest BCUT2D eigenvalue weighted by Crippen LogP contribution is -2.13. The molecule has 1 N–H and O–H groups in total. The number of hydrogen-bond donors (Lipinski definition) is 1. The van der Waals surface area contributed by atoms with Crippen LogP contribution in [0.25, 0.3) is 16.0 Å². The van der Waals surface area contributed by atoms with Crippen molar-refractivity contribution in [2.24, 2.45) is 0 Å². The van der Waals surface area contributed by atoms with Crippen molar-refractivity contribution in [1.82, 2.24) is 14.7 Å². The SMILES string of the molecule is c1csc(-c2ccc3c(C4CCCN4)ncn3c2)c1. The van der Waals surface area contributed by atoms with Gasteiger partial charge in [0.1, 0.15) is 0 Å². The number of rotatable bonds is 2. The normalized spacial score (nSPS) is 19.3. The van der Waals surface area contributed by atoms with Crippen LogP contribution in [0.15, 0.2) is 42.2 Å². The molecule has 0 bridgehead atoms. The van der Waals surface area contributed by atoms with Crippen LogP contribution in [-0.4, -0.2) is 15.9 Å². The minimum Gasteiger partial charge on any atom is -0.309 e. The molecule has 0 saturated carbocycles. The Kier molecular flexibility index (Phi) is 2.64. The Hall–Kier alpha value is -1.65. The van der Waals surface area contributed by atoms with Crippen molar-refractivity contribution in [2.75, 3.05) is 6.54 Å². The van der Waals surface area contributed by atoms with E-state index in [4.69, 9.17) is 0 Å². The fourth-order valence-corrected chi connectivity index (χ4v) is 3.51. The maximum atomic E-state index is 4.60. The molecule has 0 aliphatic carbocycles. The molecule has 1 saturated heterocycles. The number of aromatic nitrogens is 2. The van der Waals surface area contributed by atoms with Crippen LogP contribution >= 0.6 is 11.3 Å². The van der Waals surface area contributed by atoms with Gasteiger partial charge in [0, 0.05) is 16.6 Å². The number of fused-ring (bicyclic) bond motifs is 1. The van der Waals surface area contributed by atoms with Gasteiger partial charge in [-0.1, -0.05) is 6.07 Å². The van der Waals surface area contributed by atoms with Gasteiger partial charge in [0.2, 0.25) is 0 Å². The molecule has 3 nitrogen and oxygen atoms in total. The second-order valence-corrected chi connectivity index (χ2v) is 5.91. The third-order valence-corrected chi connectivity index (χ3v) is 4.68. The van der Waals surface area contributed by atoms with E-state index >= 15 is 0 Å². The average molecular weight is 269 g/mol. The predicted octanol–water partition coefficient (Wildman–Crippen LogP) is 3.49. The maximum Gasteiger partial charge on any atom is 0.0996 e. The second-order valence-electron chi connectivity index (χ2n) is 4.97. The van der Waals surface area contributed by atoms with Crippen LogP contribution in [0.5, 0.6) is 0 Å². The monoisotopic (exact) mass is 269 g/mol. The largest absolute Gasteiger partial charge is 0.309 e. The zero-order valence-corrected chi connectivity index (χ0v) is 11.4. The minimum atomic E-state index is 0.428. The van der Waals surface area contributed by atoms with E-state index in [-0.39, 0.29) is 0 Å². The lowest BCUT2D eigenvalue weighted by Gasteiger charge is -2.07. The molecule has 4 heteroatoms. The Labute approximate surface area is 115 Å². The van der Waals surface area contributed by atoms with Crippen LogP contribution < -0.4 is 5.32 Å². The first-order chi connectivity index (χ1) is 9.42. The molecule has 1 aliphatic heterocycles. The first-order valence-corrected chi connectivity index (χ1v) is 7.54. The highest BCUT2D eigenvalue weighted by atomic mass is 32.1. The Morgan fingerprint density at radius 2 is 2.32 bits per heavy atom. The Balaban J connectivity index is 1.79. The molecule has 0 aromatic carbocycles. The lowest BCUT2D eigenvalue weighted by atomic mass is 10.1. The lowest BCUT2D eigenvalue weighted by molar-refractivity contribution is 0.636. The summed E-state index contributed by atoms with van der Waals surface area (Å²) in [6, 6.07) is 9.06. The zero-order chi connectivity index (χ0) is 12.7. The van der Waals surface area contributed by atoms with Gasteiger partial charge in [0.25, 0.3) is 0 Å². The molecule has 1 atom stereocenters. The van der Waals surface area contributed by atoms with Crippen LogP contribution in [0.2, 0.25) is 0 Å². The highest BCUT2D eigenvalue weighted by molar-refractivity contribution is 7.13. The van der Waals surface area contributed by atoms with E-state index in [9.17, 15) is 0 Å². The van der Waals surface area contributed by atoms with E-state index in [1.54, 1.807) is 11.3 Å². The van der Waals surface area contributed by atoms with Gasteiger partial charge < -0.3 is 9.72 Å². The molecule has 3 aromatic rings. The number of pyridine rings is 1. The van der Waals surface area contributed by atoms with Gasteiger partial charge in [0.15, 0.2) is 0 Å². The molecular formula is C15H15N3S. The van der Waals surface area contributed by atoms with Gasteiger partial charge in [-0.2, -0.15) is 0 Å². The first kappa shape index (κ1) is 11.2. The molecule has 0 spiro atoms. The second kappa shape index (κ2) is 4.47. The first-order valence-electron chi connectivity index (χ1n) is 6.66. The smallest absolute Gasteiger partial charge is 0.0996 e. The van der Waals surface area contributed by atoms with E-state index in [0.29, 0.717) is 6.04 Å². The molecule has 4 heterocycles. The van der Waals surface area contributed by atoms with Gasteiger partial charge in [0.05, 0.1) is 23.6 Å². The van der Waals surface area contributed by atoms with Crippen molar-refractivity contribution in [3.8, 4) is 10.4 Å². The van der Waals surface area contributed by atoms with Gasteiger partial charge in [-0.25, -0.2) is 4.98 Å². The molecule has 0 radical (unpaired) electrons. The van der Waals surface area contributed by atoms with Gasteiger partial charge in [-0.15, -0.1) is 11.3 Å². The summed E-state index contributed by atoms with van der Waals surface area (Å²) in [5, 5.41) is 5.63. The van der Waals surface area contributed by atoms with E-state index in [1.807, 2.05) is 6.33 Å². The van der Waals surface area contributed by atoms with Crippen LogP contribution in [0.1, 0.15) is 24.6 Å². The number of nitrogens with one attached hydrogen (secondary N) is 1. The summed E-state index contributed by atoms with van der Waals surface area (Å²) in [5.41, 5.74) is 3.67. The Bertz CT molecular complexity index is 693. The van der Waals surface area contributed by atoms with Crippen molar-refractivity contribution in [3.05, 3.63) is 47.9 Å². The number of thiophene rings is 1. The van der Waals surface area contributed by atoms with Crippen LogP contribution in [0.4, 0.5) is 0 Å². The highest BCUT2D eigenvalue weighted by Crippen LogP contribution is 2.29. The Morgan fingerprint density at radius 3 is 3.11 bits per heavy atom.